The highest BCUT2D eigenvalue weighted by Crippen LogP contribution is 2.21. The van der Waals surface area contributed by atoms with Crippen LogP contribution < -0.4 is 10.9 Å². The van der Waals surface area contributed by atoms with Gasteiger partial charge in [0, 0.05) is 13.0 Å². The Hall–Kier alpha value is -3.06. The van der Waals surface area contributed by atoms with E-state index in [1.807, 2.05) is 43.3 Å². The molecule has 0 radical (unpaired) electrons. The number of benzene rings is 2. The van der Waals surface area contributed by atoms with E-state index in [9.17, 15) is 9.59 Å². The number of nitrogens with zero attached hydrogens (tertiary/aromatic N) is 3. The van der Waals surface area contributed by atoms with E-state index in [0.29, 0.717) is 24.0 Å². The molecule has 0 bridgehead atoms. The fourth-order valence-electron chi connectivity index (χ4n) is 2.98. The first kappa shape index (κ1) is 17.4. The molecule has 0 spiro atoms. The molecule has 1 N–H and O–H groups in total. The molecule has 0 aliphatic rings. The smallest absolute Gasteiger partial charge is 0.261 e. The maximum absolute atomic E-state index is 12.6. The van der Waals surface area contributed by atoms with Gasteiger partial charge in [-0.3, -0.25) is 14.2 Å². The first-order valence-corrected chi connectivity index (χ1v) is 9.49. The third kappa shape index (κ3) is 3.59. The summed E-state index contributed by atoms with van der Waals surface area (Å²) in [4.78, 5) is 33.6. The van der Waals surface area contributed by atoms with E-state index in [0.717, 1.165) is 20.8 Å². The Morgan fingerprint density at radius 2 is 2.04 bits per heavy atom. The van der Waals surface area contributed by atoms with E-state index >= 15 is 0 Å². The van der Waals surface area contributed by atoms with Crippen molar-refractivity contribution in [2.45, 2.75) is 26.4 Å². The van der Waals surface area contributed by atoms with E-state index < -0.39 is 0 Å². The maximum Gasteiger partial charge on any atom is 0.261 e. The second kappa shape index (κ2) is 7.28. The zero-order valence-corrected chi connectivity index (χ0v) is 15.6. The molecule has 136 valence electrons. The van der Waals surface area contributed by atoms with Crippen LogP contribution in [-0.2, 0) is 17.9 Å². The Morgan fingerprint density at radius 3 is 2.89 bits per heavy atom. The van der Waals surface area contributed by atoms with Gasteiger partial charge in [-0.15, -0.1) is 11.3 Å². The van der Waals surface area contributed by atoms with Gasteiger partial charge in [0.2, 0.25) is 5.91 Å². The molecular weight excluding hydrogens is 360 g/mol. The van der Waals surface area contributed by atoms with Crippen molar-refractivity contribution in [3.05, 3.63) is 69.7 Å². The number of hydrogen-bond acceptors (Lipinski definition) is 5. The minimum Gasteiger partial charge on any atom is -0.350 e. The number of para-hydroxylation sites is 2. The highest BCUT2D eigenvalue weighted by atomic mass is 32.1. The van der Waals surface area contributed by atoms with E-state index in [1.165, 1.54) is 10.9 Å². The maximum atomic E-state index is 12.6. The SMILES string of the molecule is Cc1cccc2c(=O)n(CCC(=O)NCc3nc4ccccc4s3)cnc12. The zero-order valence-electron chi connectivity index (χ0n) is 14.8. The van der Waals surface area contributed by atoms with Gasteiger partial charge < -0.3 is 5.32 Å². The average molecular weight is 378 g/mol. The first-order valence-electron chi connectivity index (χ1n) is 8.68. The molecule has 7 heteroatoms. The monoisotopic (exact) mass is 378 g/mol. The normalized spacial score (nSPS) is 11.1. The molecule has 27 heavy (non-hydrogen) atoms. The van der Waals surface area contributed by atoms with Crippen LogP contribution in [0.25, 0.3) is 21.1 Å². The number of rotatable bonds is 5. The largest absolute Gasteiger partial charge is 0.350 e. The number of fused-ring (bicyclic) bond motifs is 2. The van der Waals surface area contributed by atoms with Gasteiger partial charge in [-0.1, -0.05) is 24.3 Å². The lowest BCUT2D eigenvalue weighted by Gasteiger charge is -2.08. The van der Waals surface area contributed by atoms with Crippen LogP contribution in [0.2, 0.25) is 0 Å². The van der Waals surface area contributed by atoms with E-state index in [-0.39, 0.29) is 17.9 Å². The van der Waals surface area contributed by atoms with Gasteiger partial charge in [0.25, 0.3) is 5.56 Å². The summed E-state index contributed by atoms with van der Waals surface area (Å²) in [5.41, 5.74) is 2.49. The summed E-state index contributed by atoms with van der Waals surface area (Å²) in [5.74, 6) is -0.120. The van der Waals surface area contributed by atoms with Crippen LogP contribution in [0.5, 0.6) is 0 Å². The number of aryl methyl sites for hydroxylation is 2. The molecule has 0 aliphatic carbocycles. The predicted octanol–water partition coefficient (Wildman–Crippen LogP) is 3.02. The second-order valence-electron chi connectivity index (χ2n) is 6.32. The number of nitrogens with one attached hydrogen (secondary N) is 1. The fraction of sp³-hybridized carbons (Fsp3) is 0.200. The Kier molecular flexibility index (Phi) is 4.68. The molecular formula is C20H18N4O2S. The van der Waals surface area contributed by atoms with Crippen LogP contribution in [-0.4, -0.2) is 20.4 Å². The summed E-state index contributed by atoms with van der Waals surface area (Å²) in [6.45, 7) is 2.61. The molecule has 0 aliphatic heterocycles. The van der Waals surface area contributed by atoms with Gasteiger partial charge in [0.1, 0.15) is 5.01 Å². The van der Waals surface area contributed by atoms with Crippen molar-refractivity contribution in [3.8, 4) is 0 Å². The van der Waals surface area contributed by atoms with Crippen LogP contribution >= 0.6 is 11.3 Å². The van der Waals surface area contributed by atoms with Crippen molar-refractivity contribution in [1.82, 2.24) is 19.9 Å². The number of carbonyl (C=O) groups is 1. The van der Waals surface area contributed by atoms with Crippen LogP contribution in [0.4, 0.5) is 0 Å². The van der Waals surface area contributed by atoms with Crippen molar-refractivity contribution in [3.63, 3.8) is 0 Å². The van der Waals surface area contributed by atoms with Gasteiger partial charge in [-0.25, -0.2) is 9.97 Å². The van der Waals surface area contributed by atoms with Gasteiger partial charge in [-0.2, -0.15) is 0 Å². The molecule has 0 atom stereocenters. The predicted molar refractivity (Wildman–Crippen MR) is 107 cm³/mol. The summed E-state index contributed by atoms with van der Waals surface area (Å²) >= 11 is 1.57. The third-order valence-corrected chi connectivity index (χ3v) is 5.45. The number of amides is 1. The molecule has 2 aromatic heterocycles. The minimum absolute atomic E-state index is 0.120. The van der Waals surface area contributed by atoms with Crippen LogP contribution in [0, 0.1) is 6.92 Å². The zero-order chi connectivity index (χ0) is 18.8. The fourth-order valence-corrected chi connectivity index (χ4v) is 3.88. The van der Waals surface area contributed by atoms with E-state index in [2.05, 4.69) is 15.3 Å². The summed E-state index contributed by atoms with van der Waals surface area (Å²) in [7, 11) is 0. The number of aromatic nitrogens is 3. The van der Waals surface area contributed by atoms with Gasteiger partial charge in [0.05, 0.1) is 34.0 Å². The average Bonchev–Trinajstić information content (AvgIpc) is 3.09. The van der Waals surface area contributed by atoms with Crippen LogP contribution in [0.3, 0.4) is 0 Å². The summed E-state index contributed by atoms with van der Waals surface area (Å²) in [6.07, 6.45) is 1.72. The standard InChI is InChI=1S/C20H18N4O2S/c1-13-5-4-6-14-19(13)22-12-24(20(14)26)10-9-17(25)21-11-18-23-15-7-2-3-8-16(15)27-18/h2-8,12H,9-11H2,1H3,(H,21,25). The Bertz CT molecular complexity index is 1160. The number of carbonyl (C=O) groups excluding carboxylic acids is 1. The topological polar surface area (TPSA) is 76.9 Å². The Labute approximate surface area is 159 Å². The molecule has 6 nitrogen and oxygen atoms in total. The molecule has 2 heterocycles. The third-order valence-electron chi connectivity index (χ3n) is 4.41. The molecule has 1 amide bonds. The van der Waals surface area contributed by atoms with E-state index in [1.54, 1.807) is 17.4 Å². The molecule has 0 fully saturated rings. The minimum atomic E-state index is -0.123. The summed E-state index contributed by atoms with van der Waals surface area (Å²) in [5, 5.41) is 4.31. The highest BCUT2D eigenvalue weighted by molar-refractivity contribution is 7.18. The lowest BCUT2D eigenvalue weighted by molar-refractivity contribution is -0.121. The van der Waals surface area contributed by atoms with Gasteiger partial charge in [0.15, 0.2) is 0 Å². The molecule has 0 saturated carbocycles. The number of thiazole rings is 1. The van der Waals surface area contributed by atoms with Crippen LogP contribution in [0.15, 0.2) is 53.6 Å². The molecule has 2 aromatic carbocycles. The quantitative estimate of drug-likeness (QED) is 0.579. The van der Waals surface area contributed by atoms with E-state index in [4.69, 9.17) is 0 Å². The molecule has 4 aromatic rings. The first-order chi connectivity index (χ1) is 13.1. The van der Waals surface area contributed by atoms with Crippen LogP contribution in [0.1, 0.15) is 17.0 Å². The van der Waals surface area contributed by atoms with Crippen molar-refractivity contribution in [2.24, 2.45) is 0 Å². The molecule has 4 rings (SSSR count). The molecule has 0 unspecified atom stereocenters. The van der Waals surface area contributed by atoms with Crippen molar-refractivity contribution >= 4 is 38.4 Å². The lowest BCUT2D eigenvalue weighted by atomic mass is 10.1. The van der Waals surface area contributed by atoms with Gasteiger partial charge in [-0.05, 0) is 30.7 Å². The Morgan fingerprint density at radius 1 is 1.19 bits per heavy atom. The number of hydrogen-bond donors (Lipinski definition) is 1. The van der Waals surface area contributed by atoms with Crippen molar-refractivity contribution in [1.29, 1.82) is 0 Å². The highest BCUT2D eigenvalue weighted by Gasteiger charge is 2.09. The Balaban J connectivity index is 1.40. The molecule has 0 saturated heterocycles. The summed E-state index contributed by atoms with van der Waals surface area (Å²) in [6, 6.07) is 13.4. The lowest BCUT2D eigenvalue weighted by Crippen LogP contribution is -2.27. The van der Waals surface area contributed by atoms with Crippen molar-refractivity contribution in [2.75, 3.05) is 0 Å². The second-order valence-corrected chi connectivity index (χ2v) is 7.43. The summed E-state index contributed by atoms with van der Waals surface area (Å²) < 4.78 is 2.59. The van der Waals surface area contributed by atoms with Crippen molar-refractivity contribution < 1.29 is 4.79 Å². The van der Waals surface area contributed by atoms with Gasteiger partial charge >= 0.3 is 0 Å².